The number of aliphatic hydroxyl groups is 1. The van der Waals surface area contributed by atoms with Gasteiger partial charge >= 0.3 is 0 Å². The number of aliphatic imine (C=N–C) groups is 1. The van der Waals surface area contributed by atoms with Crippen LogP contribution in [0.1, 0.15) is 0 Å². The van der Waals surface area contributed by atoms with Crippen LogP contribution in [0.4, 0.5) is 0 Å². The van der Waals surface area contributed by atoms with Gasteiger partial charge in [0.15, 0.2) is 0 Å². The van der Waals surface area contributed by atoms with Crippen molar-refractivity contribution in [1.29, 1.82) is 0 Å². The van der Waals surface area contributed by atoms with Crippen LogP contribution >= 0.6 is 23.2 Å². The number of rotatable bonds is 3. The van der Waals surface area contributed by atoms with Gasteiger partial charge in [0.2, 0.25) is 0 Å². The Morgan fingerprint density at radius 2 is 2.12 bits per heavy atom. The monoisotopic (exact) mass is 155 g/mol. The molecule has 4 heteroatoms. The second kappa shape index (κ2) is 4.13. The third kappa shape index (κ3) is 3.24. The molecular formula is C4H7Cl2NO. The van der Waals surface area contributed by atoms with Crippen LogP contribution in [0.3, 0.4) is 0 Å². The second-order valence-corrected chi connectivity index (χ2v) is 2.47. The molecule has 0 heterocycles. The summed E-state index contributed by atoms with van der Waals surface area (Å²) in [5, 5.41) is 8.73. The number of nitrogens with zero attached hydrogens (tertiary/aromatic N) is 1. The van der Waals surface area contributed by atoms with E-state index in [4.69, 9.17) is 28.3 Å². The molecule has 0 aliphatic heterocycles. The Bertz CT molecular complexity index is 76.4. The van der Waals surface area contributed by atoms with E-state index in [2.05, 4.69) is 11.7 Å². The smallest absolute Gasteiger partial charge is 0.135 e. The molecule has 8 heavy (non-hydrogen) atoms. The number of hydrogen-bond acceptors (Lipinski definition) is 2. The zero-order chi connectivity index (χ0) is 6.57. The number of alkyl halides is 2. The van der Waals surface area contributed by atoms with E-state index in [0.717, 1.165) is 0 Å². The Balaban J connectivity index is 3.30. The molecule has 0 saturated heterocycles. The average Bonchev–Trinajstić information content (AvgIpc) is 1.67. The van der Waals surface area contributed by atoms with Crippen molar-refractivity contribution in [2.24, 2.45) is 4.99 Å². The average molecular weight is 156 g/mol. The standard InChI is InChI=1S/C4H7Cl2NO/c1-7-2-3(8)4(5)6/h3-4,8H,1-2H2. The molecule has 0 aliphatic carbocycles. The van der Waals surface area contributed by atoms with E-state index in [1.165, 1.54) is 0 Å². The largest absolute Gasteiger partial charge is 0.388 e. The van der Waals surface area contributed by atoms with Gasteiger partial charge in [-0.1, -0.05) is 0 Å². The van der Waals surface area contributed by atoms with Crippen LogP contribution < -0.4 is 0 Å². The molecule has 0 aliphatic rings. The second-order valence-electron chi connectivity index (χ2n) is 1.31. The van der Waals surface area contributed by atoms with E-state index >= 15 is 0 Å². The maximum atomic E-state index is 8.73. The Morgan fingerprint density at radius 3 is 2.25 bits per heavy atom. The summed E-state index contributed by atoms with van der Waals surface area (Å²) in [6.45, 7) is 3.35. The molecule has 0 radical (unpaired) electrons. The van der Waals surface area contributed by atoms with Crippen molar-refractivity contribution in [1.82, 2.24) is 0 Å². The van der Waals surface area contributed by atoms with Crippen molar-refractivity contribution in [3.05, 3.63) is 0 Å². The lowest BCUT2D eigenvalue weighted by Crippen LogP contribution is -2.18. The van der Waals surface area contributed by atoms with Crippen LogP contribution in [0.5, 0.6) is 0 Å². The van der Waals surface area contributed by atoms with E-state index < -0.39 is 10.9 Å². The minimum Gasteiger partial charge on any atom is -0.388 e. The summed E-state index contributed by atoms with van der Waals surface area (Å²) in [4.78, 5) is 2.62. The van der Waals surface area contributed by atoms with Crippen LogP contribution in [0.25, 0.3) is 0 Å². The fourth-order valence-electron chi connectivity index (χ4n) is 0.212. The van der Waals surface area contributed by atoms with Crippen LogP contribution in [-0.2, 0) is 0 Å². The number of hydrogen-bond donors (Lipinski definition) is 1. The Kier molecular flexibility index (Phi) is 4.23. The van der Waals surface area contributed by atoms with Crippen LogP contribution in [0.2, 0.25) is 0 Å². The molecule has 0 fully saturated rings. The Labute approximate surface area is 58.1 Å². The normalized spacial score (nSPS) is 14.0. The first kappa shape index (κ1) is 8.21. The van der Waals surface area contributed by atoms with Gasteiger partial charge in [-0.2, -0.15) is 0 Å². The molecule has 48 valence electrons. The van der Waals surface area contributed by atoms with E-state index in [1.54, 1.807) is 0 Å². The minimum atomic E-state index is -0.782. The van der Waals surface area contributed by atoms with Crippen LogP contribution in [-0.4, -0.2) is 29.3 Å². The molecule has 1 atom stereocenters. The molecule has 2 nitrogen and oxygen atoms in total. The molecule has 0 rings (SSSR count). The molecule has 0 aromatic carbocycles. The summed E-state index contributed by atoms with van der Waals surface area (Å²) >= 11 is 10.5. The van der Waals surface area contributed by atoms with Crippen LogP contribution in [0.15, 0.2) is 4.99 Å². The highest BCUT2D eigenvalue weighted by molar-refractivity contribution is 6.44. The number of aliphatic hydroxyl groups excluding tert-OH is 1. The van der Waals surface area contributed by atoms with Gasteiger partial charge < -0.3 is 5.11 Å². The van der Waals surface area contributed by atoms with E-state index in [-0.39, 0.29) is 6.54 Å². The lowest BCUT2D eigenvalue weighted by molar-refractivity contribution is 0.198. The first-order valence-corrected chi connectivity index (χ1v) is 2.94. The minimum absolute atomic E-state index is 0.192. The fourth-order valence-corrected chi connectivity index (χ4v) is 0.371. The van der Waals surface area contributed by atoms with Crippen molar-refractivity contribution in [3.8, 4) is 0 Å². The van der Waals surface area contributed by atoms with Gasteiger partial charge in [0.1, 0.15) is 10.9 Å². The maximum absolute atomic E-state index is 8.73. The van der Waals surface area contributed by atoms with Gasteiger partial charge in [0.05, 0.1) is 6.54 Å². The van der Waals surface area contributed by atoms with Gasteiger partial charge in [-0.05, 0) is 6.72 Å². The topological polar surface area (TPSA) is 32.6 Å². The molecule has 1 N–H and O–H groups in total. The Morgan fingerprint density at radius 1 is 1.62 bits per heavy atom. The molecule has 0 aromatic heterocycles. The Hall–Kier alpha value is 0.210. The summed E-state index contributed by atoms with van der Waals surface area (Å²) in [7, 11) is 0. The highest BCUT2D eigenvalue weighted by Gasteiger charge is 2.10. The first-order chi connectivity index (χ1) is 3.68. The third-order valence-electron chi connectivity index (χ3n) is 0.607. The summed E-state index contributed by atoms with van der Waals surface area (Å²) in [5.74, 6) is 0. The zero-order valence-electron chi connectivity index (χ0n) is 4.22. The predicted molar refractivity (Wildman–Crippen MR) is 35.9 cm³/mol. The zero-order valence-corrected chi connectivity index (χ0v) is 5.73. The van der Waals surface area contributed by atoms with Crippen molar-refractivity contribution in [2.45, 2.75) is 10.9 Å². The van der Waals surface area contributed by atoms with Gasteiger partial charge in [0, 0.05) is 0 Å². The highest BCUT2D eigenvalue weighted by Crippen LogP contribution is 2.06. The van der Waals surface area contributed by atoms with Crippen LogP contribution in [0, 0.1) is 0 Å². The fraction of sp³-hybridized carbons (Fsp3) is 0.750. The van der Waals surface area contributed by atoms with E-state index in [0.29, 0.717) is 0 Å². The molecule has 0 amide bonds. The van der Waals surface area contributed by atoms with Crippen molar-refractivity contribution < 1.29 is 5.11 Å². The van der Waals surface area contributed by atoms with Gasteiger partial charge in [-0.25, -0.2) is 0 Å². The van der Waals surface area contributed by atoms with Gasteiger partial charge in [0.25, 0.3) is 0 Å². The first-order valence-electron chi connectivity index (χ1n) is 2.07. The molecule has 0 bridgehead atoms. The molecule has 0 aromatic rings. The van der Waals surface area contributed by atoms with Crippen molar-refractivity contribution in [3.63, 3.8) is 0 Å². The summed E-state index contributed by atoms with van der Waals surface area (Å²) < 4.78 is 0. The van der Waals surface area contributed by atoms with Gasteiger partial charge in [-0.15, -0.1) is 23.2 Å². The predicted octanol–water partition coefficient (Wildman–Crippen LogP) is 0.852. The summed E-state index contributed by atoms with van der Waals surface area (Å²) in [6, 6.07) is 0. The van der Waals surface area contributed by atoms with Gasteiger partial charge in [-0.3, -0.25) is 4.99 Å². The summed E-state index contributed by atoms with van der Waals surface area (Å²) in [5.41, 5.74) is 0. The van der Waals surface area contributed by atoms with Crippen molar-refractivity contribution >= 4 is 29.9 Å². The van der Waals surface area contributed by atoms with E-state index in [1.807, 2.05) is 0 Å². The highest BCUT2D eigenvalue weighted by atomic mass is 35.5. The maximum Gasteiger partial charge on any atom is 0.135 e. The molecular weight excluding hydrogens is 149 g/mol. The van der Waals surface area contributed by atoms with Crippen molar-refractivity contribution in [2.75, 3.05) is 6.54 Å². The lowest BCUT2D eigenvalue weighted by atomic mass is 10.4. The summed E-state index contributed by atoms with van der Waals surface area (Å²) in [6.07, 6.45) is -0.782. The number of halogens is 2. The third-order valence-corrected chi connectivity index (χ3v) is 1.19. The molecule has 0 saturated carbocycles. The quantitative estimate of drug-likeness (QED) is 0.476. The SMILES string of the molecule is C=NCC(O)C(Cl)Cl. The molecule has 0 spiro atoms. The lowest BCUT2D eigenvalue weighted by Gasteiger charge is -2.05. The van der Waals surface area contributed by atoms with E-state index in [9.17, 15) is 0 Å². The molecule has 1 unspecified atom stereocenters.